The van der Waals surface area contributed by atoms with E-state index < -0.39 is 10.0 Å². The Morgan fingerprint density at radius 2 is 2.19 bits per heavy atom. The third kappa shape index (κ3) is 2.87. The molecule has 5 nitrogen and oxygen atoms in total. The van der Waals surface area contributed by atoms with Gasteiger partial charge in [-0.1, -0.05) is 12.2 Å². The lowest BCUT2D eigenvalue weighted by Crippen LogP contribution is -2.30. The number of nitrogens with two attached hydrogens (primary N) is 1. The van der Waals surface area contributed by atoms with E-state index in [-0.39, 0.29) is 10.8 Å². The van der Waals surface area contributed by atoms with Crippen LogP contribution < -0.4 is 10.0 Å². The highest BCUT2D eigenvalue weighted by atomic mass is 32.2. The molecule has 0 aromatic heterocycles. The number of hydrogen-bond acceptors (Lipinski definition) is 3. The first kappa shape index (κ1) is 14.3. The number of nitrogens with zero attached hydrogens (tertiary/aromatic N) is 1. The van der Waals surface area contributed by atoms with Crippen molar-refractivity contribution in [2.24, 2.45) is 11.1 Å². The fourth-order valence-corrected chi connectivity index (χ4v) is 3.58. The summed E-state index contributed by atoms with van der Waals surface area (Å²) in [5, 5.41) is 5.14. The van der Waals surface area contributed by atoms with Gasteiger partial charge in [0.2, 0.25) is 15.9 Å². The molecule has 1 heterocycles. The molecule has 2 aliphatic rings. The van der Waals surface area contributed by atoms with Crippen LogP contribution in [-0.2, 0) is 21.2 Å². The zero-order valence-corrected chi connectivity index (χ0v) is 12.5. The number of rotatable bonds is 3. The van der Waals surface area contributed by atoms with Crippen molar-refractivity contribution in [2.45, 2.75) is 30.6 Å². The van der Waals surface area contributed by atoms with E-state index in [2.05, 4.69) is 12.2 Å². The Hall–Kier alpha value is -1.66. The number of allylic oxidation sites excluding steroid dienone is 2. The van der Waals surface area contributed by atoms with E-state index in [9.17, 15) is 13.2 Å². The van der Waals surface area contributed by atoms with Crippen LogP contribution in [0.15, 0.2) is 35.2 Å². The first-order valence-electron chi connectivity index (χ1n) is 7.08. The topological polar surface area (TPSA) is 80.5 Å². The molecule has 6 heteroatoms. The summed E-state index contributed by atoms with van der Waals surface area (Å²) in [6.45, 7) is 0.610. The van der Waals surface area contributed by atoms with Crippen LogP contribution in [-0.4, -0.2) is 20.9 Å². The van der Waals surface area contributed by atoms with Crippen molar-refractivity contribution >= 4 is 21.6 Å². The highest BCUT2D eigenvalue weighted by Gasteiger charge is 2.27. The number of hydrogen-bond donors (Lipinski definition) is 1. The van der Waals surface area contributed by atoms with Gasteiger partial charge in [-0.25, -0.2) is 13.6 Å². The molecule has 1 amide bonds. The average Bonchev–Trinajstić information content (AvgIpc) is 3.05. The lowest BCUT2D eigenvalue weighted by atomic mass is 10.0. The molecule has 1 aromatic carbocycles. The number of anilines is 1. The summed E-state index contributed by atoms with van der Waals surface area (Å²) in [4.78, 5) is 14.3. The summed E-state index contributed by atoms with van der Waals surface area (Å²) in [7, 11) is -3.69. The van der Waals surface area contributed by atoms with E-state index in [1.165, 1.54) is 6.07 Å². The highest BCUT2D eigenvalue weighted by molar-refractivity contribution is 7.89. The number of carbonyl (C=O) groups excluding carboxylic acids is 1. The SMILES string of the molecule is NS(=O)(=O)c1ccc2c(c1)CCN2C(=O)CC1C=CCC1. The van der Waals surface area contributed by atoms with Gasteiger partial charge in [-0.2, -0.15) is 0 Å². The minimum atomic E-state index is -3.69. The van der Waals surface area contributed by atoms with Gasteiger partial charge < -0.3 is 4.90 Å². The normalized spacial score (nSPS) is 20.8. The number of benzene rings is 1. The summed E-state index contributed by atoms with van der Waals surface area (Å²) >= 11 is 0. The fraction of sp³-hybridized carbons (Fsp3) is 0.400. The van der Waals surface area contributed by atoms with Crippen molar-refractivity contribution in [3.63, 3.8) is 0 Å². The van der Waals surface area contributed by atoms with Gasteiger partial charge in [-0.05, 0) is 48.9 Å². The molecule has 1 unspecified atom stereocenters. The largest absolute Gasteiger partial charge is 0.312 e. The van der Waals surface area contributed by atoms with E-state index in [0.717, 1.165) is 24.1 Å². The molecule has 21 heavy (non-hydrogen) atoms. The summed E-state index contributed by atoms with van der Waals surface area (Å²) < 4.78 is 22.7. The predicted molar refractivity (Wildman–Crippen MR) is 80.4 cm³/mol. The second kappa shape index (κ2) is 5.27. The number of amides is 1. The monoisotopic (exact) mass is 306 g/mol. The van der Waals surface area contributed by atoms with Crippen molar-refractivity contribution in [2.75, 3.05) is 11.4 Å². The van der Waals surface area contributed by atoms with Gasteiger partial charge in [0.1, 0.15) is 0 Å². The van der Waals surface area contributed by atoms with Gasteiger partial charge in [0, 0.05) is 18.7 Å². The van der Waals surface area contributed by atoms with E-state index in [1.54, 1.807) is 17.0 Å². The van der Waals surface area contributed by atoms with Crippen LogP contribution in [0.5, 0.6) is 0 Å². The van der Waals surface area contributed by atoms with Gasteiger partial charge in [0.05, 0.1) is 4.90 Å². The summed E-state index contributed by atoms with van der Waals surface area (Å²) in [6, 6.07) is 4.73. The van der Waals surface area contributed by atoms with Crippen LogP contribution in [0.4, 0.5) is 5.69 Å². The van der Waals surface area contributed by atoms with E-state index >= 15 is 0 Å². The molecule has 112 valence electrons. The van der Waals surface area contributed by atoms with Gasteiger partial charge in [-0.3, -0.25) is 4.79 Å². The summed E-state index contributed by atoms with van der Waals surface area (Å²) in [5.74, 6) is 0.443. The molecule has 0 fully saturated rings. The Morgan fingerprint density at radius 1 is 1.38 bits per heavy atom. The van der Waals surface area contributed by atoms with Crippen molar-refractivity contribution in [1.29, 1.82) is 0 Å². The van der Waals surface area contributed by atoms with Gasteiger partial charge in [0.25, 0.3) is 0 Å². The molecule has 0 spiro atoms. The van der Waals surface area contributed by atoms with E-state index in [0.29, 0.717) is 25.3 Å². The molecular formula is C15H18N2O3S. The molecule has 0 bridgehead atoms. The zero-order chi connectivity index (χ0) is 15.0. The first-order chi connectivity index (χ1) is 9.95. The second-order valence-electron chi connectivity index (χ2n) is 5.60. The van der Waals surface area contributed by atoms with Crippen LogP contribution in [0.25, 0.3) is 0 Å². The van der Waals surface area contributed by atoms with Gasteiger partial charge in [0.15, 0.2) is 0 Å². The smallest absolute Gasteiger partial charge is 0.238 e. The molecule has 1 aromatic rings. The van der Waals surface area contributed by atoms with Crippen LogP contribution in [0.3, 0.4) is 0 Å². The highest BCUT2D eigenvalue weighted by Crippen LogP contribution is 2.31. The van der Waals surface area contributed by atoms with Crippen molar-refractivity contribution < 1.29 is 13.2 Å². The minimum absolute atomic E-state index is 0.105. The Balaban J connectivity index is 1.80. The quantitative estimate of drug-likeness (QED) is 0.861. The van der Waals surface area contributed by atoms with Crippen LogP contribution >= 0.6 is 0 Å². The second-order valence-corrected chi connectivity index (χ2v) is 7.16. The Morgan fingerprint density at radius 3 is 2.86 bits per heavy atom. The Labute approximate surface area is 124 Å². The molecule has 1 aliphatic carbocycles. The third-order valence-corrected chi connectivity index (χ3v) is 5.04. The van der Waals surface area contributed by atoms with Crippen LogP contribution in [0.2, 0.25) is 0 Å². The predicted octanol–water partition coefficient (Wildman–Crippen LogP) is 1.58. The van der Waals surface area contributed by atoms with E-state index in [4.69, 9.17) is 5.14 Å². The molecule has 1 atom stereocenters. The maximum atomic E-state index is 12.4. The number of primary sulfonamides is 1. The molecule has 2 N–H and O–H groups in total. The fourth-order valence-electron chi connectivity index (χ4n) is 3.01. The van der Waals surface area contributed by atoms with E-state index in [1.807, 2.05) is 0 Å². The number of fused-ring (bicyclic) bond motifs is 1. The molecular weight excluding hydrogens is 288 g/mol. The van der Waals surface area contributed by atoms with Gasteiger partial charge >= 0.3 is 0 Å². The third-order valence-electron chi connectivity index (χ3n) is 4.13. The molecule has 0 saturated carbocycles. The van der Waals surface area contributed by atoms with Crippen LogP contribution in [0.1, 0.15) is 24.8 Å². The van der Waals surface area contributed by atoms with Gasteiger partial charge in [-0.15, -0.1) is 0 Å². The van der Waals surface area contributed by atoms with Crippen molar-refractivity contribution in [3.8, 4) is 0 Å². The van der Waals surface area contributed by atoms with Crippen LogP contribution in [0, 0.1) is 5.92 Å². The Bertz CT molecular complexity index is 710. The zero-order valence-electron chi connectivity index (χ0n) is 11.7. The standard InChI is InChI=1S/C15H18N2O3S/c16-21(19,20)13-5-6-14-12(10-13)7-8-17(14)15(18)9-11-3-1-2-4-11/h1,3,5-6,10-11H,2,4,7-9H2,(H2,16,19,20). The maximum absolute atomic E-state index is 12.4. The minimum Gasteiger partial charge on any atom is -0.312 e. The van der Waals surface area contributed by atoms with Crippen molar-refractivity contribution in [3.05, 3.63) is 35.9 Å². The maximum Gasteiger partial charge on any atom is 0.238 e. The lowest BCUT2D eigenvalue weighted by molar-refractivity contribution is -0.119. The van der Waals surface area contributed by atoms with Crippen molar-refractivity contribution in [1.82, 2.24) is 0 Å². The lowest BCUT2D eigenvalue weighted by Gasteiger charge is -2.19. The summed E-state index contributed by atoms with van der Waals surface area (Å²) in [5.41, 5.74) is 1.69. The Kier molecular flexibility index (Phi) is 3.59. The molecule has 3 rings (SSSR count). The average molecular weight is 306 g/mol. The molecule has 0 radical (unpaired) electrons. The first-order valence-corrected chi connectivity index (χ1v) is 8.62. The summed E-state index contributed by atoms with van der Waals surface area (Å²) in [6.07, 6.45) is 7.51. The molecule has 0 saturated heterocycles. The molecule has 1 aliphatic heterocycles. The number of sulfonamides is 1. The number of carbonyl (C=O) groups is 1.